The van der Waals surface area contributed by atoms with Crippen molar-refractivity contribution in [2.45, 2.75) is 19.4 Å². The Labute approximate surface area is 58.8 Å². The second-order valence-electron chi connectivity index (χ2n) is 2.29. The zero-order chi connectivity index (χ0) is 8.36. The first-order chi connectivity index (χ1) is 4.36. The number of carbonyl (C=O) groups excluding carboxylic acids is 1. The van der Waals surface area contributed by atoms with Gasteiger partial charge in [0, 0.05) is 0 Å². The molecule has 0 fully saturated rings. The Balaban J connectivity index is 4.13. The molecule has 0 aromatic heterocycles. The molecular formula is C6H9O4. The number of ether oxygens (including phenoxy) is 1. The van der Waals surface area contributed by atoms with Gasteiger partial charge in [-0.05, 0) is 13.8 Å². The van der Waals surface area contributed by atoms with Gasteiger partial charge < -0.3 is 9.84 Å². The minimum Gasteiger partial charge on any atom is -0.478 e. The van der Waals surface area contributed by atoms with Crippen LogP contribution in [-0.2, 0) is 14.3 Å². The van der Waals surface area contributed by atoms with Gasteiger partial charge in [0.1, 0.15) is 0 Å². The normalized spacial score (nSPS) is 10.7. The van der Waals surface area contributed by atoms with Crippen molar-refractivity contribution in [2.24, 2.45) is 0 Å². The van der Waals surface area contributed by atoms with Gasteiger partial charge in [-0.1, -0.05) is 0 Å². The number of carboxylic acids is 1. The molecule has 0 aromatic rings. The Morgan fingerprint density at radius 1 is 1.50 bits per heavy atom. The lowest BCUT2D eigenvalue weighted by atomic mass is 10.1. The van der Waals surface area contributed by atoms with Gasteiger partial charge in [-0.25, -0.2) is 4.79 Å². The van der Waals surface area contributed by atoms with E-state index >= 15 is 0 Å². The summed E-state index contributed by atoms with van der Waals surface area (Å²) in [6, 6.07) is 0. The fraction of sp³-hybridized carbons (Fsp3) is 0.500. The first-order valence-electron chi connectivity index (χ1n) is 2.64. The molecule has 10 heavy (non-hydrogen) atoms. The van der Waals surface area contributed by atoms with Crippen molar-refractivity contribution < 1.29 is 19.4 Å². The number of carboxylic acid groups (broad SMARTS) is 1. The van der Waals surface area contributed by atoms with Gasteiger partial charge in [-0.3, -0.25) is 4.79 Å². The molecule has 0 aromatic carbocycles. The summed E-state index contributed by atoms with van der Waals surface area (Å²) in [5.74, 6) is -2.03. The van der Waals surface area contributed by atoms with E-state index in [-0.39, 0.29) is 0 Å². The molecule has 0 atom stereocenters. The second-order valence-corrected chi connectivity index (χ2v) is 2.29. The maximum Gasteiger partial charge on any atom is 0.347 e. The number of aliphatic carboxylic acids is 1. The fourth-order valence-electron chi connectivity index (χ4n) is 0.328. The number of rotatable bonds is 2. The SMILES string of the molecule is [CH2]C(=O)OC(C)(C)C(=O)O. The summed E-state index contributed by atoms with van der Waals surface area (Å²) in [6.07, 6.45) is 0. The van der Waals surface area contributed by atoms with E-state index in [9.17, 15) is 9.59 Å². The summed E-state index contributed by atoms with van der Waals surface area (Å²) in [4.78, 5) is 20.4. The van der Waals surface area contributed by atoms with Crippen LogP contribution < -0.4 is 0 Å². The number of hydrogen-bond acceptors (Lipinski definition) is 3. The quantitative estimate of drug-likeness (QED) is 0.565. The Kier molecular flexibility index (Phi) is 2.40. The van der Waals surface area contributed by atoms with Crippen LogP contribution in [0.4, 0.5) is 0 Å². The molecule has 4 heteroatoms. The highest BCUT2D eigenvalue weighted by Crippen LogP contribution is 2.08. The van der Waals surface area contributed by atoms with Gasteiger partial charge in [0.15, 0.2) is 0 Å². The summed E-state index contributed by atoms with van der Waals surface area (Å²) in [5.41, 5.74) is -1.47. The predicted molar refractivity (Wildman–Crippen MR) is 33.2 cm³/mol. The maximum atomic E-state index is 10.3. The van der Waals surface area contributed by atoms with Crippen molar-refractivity contribution >= 4 is 11.9 Å². The first kappa shape index (κ1) is 8.94. The molecule has 1 N–H and O–H groups in total. The molecule has 57 valence electrons. The van der Waals surface area contributed by atoms with Crippen LogP contribution in [-0.4, -0.2) is 22.6 Å². The smallest absolute Gasteiger partial charge is 0.347 e. The lowest BCUT2D eigenvalue weighted by Gasteiger charge is -2.18. The first-order valence-corrected chi connectivity index (χ1v) is 2.64. The average molecular weight is 145 g/mol. The minimum absolute atomic E-state index is 0.840. The molecule has 0 spiro atoms. The molecule has 0 saturated heterocycles. The minimum atomic E-state index is -1.47. The van der Waals surface area contributed by atoms with Gasteiger partial charge in [0.25, 0.3) is 0 Å². The third-order valence-electron chi connectivity index (χ3n) is 0.884. The second kappa shape index (κ2) is 2.68. The fourth-order valence-corrected chi connectivity index (χ4v) is 0.328. The largest absolute Gasteiger partial charge is 0.478 e. The van der Waals surface area contributed by atoms with Crippen molar-refractivity contribution in [3.63, 3.8) is 0 Å². The van der Waals surface area contributed by atoms with E-state index < -0.39 is 17.5 Å². The average Bonchev–Trinajstić information content (AvgIpc) is 1.60. The van der Waals surface area contributed by atoms with E-state index in [1.54, 1.807) is 0 Å². The molecule has 0 saturated carbocycles. The number of esters is 1. The summed E-state index contributed by atoms with van der Waals surface area (Å²) in [7, 11) is 0. The van der Waals surface area contributed by atoms with Crippen LogP contribution in [0.1, 0.15) is 13.8 Å². The molecule has 0 bridgehead atoms. The molecule has 0 rings (SSSR count). The summed E-state index contributed by atoms with van der Waals surface area (Å²) >= 11 is 0. The zero-order valence-electron chi connectivity index (χ0n) is 5.88. The van der Waals surface area contributed by atoms with Gasteiger partial charge in [-0.15, -0.1) is 0 Å². The van der Waals surface area contributed by atoms with Crippen LogP contribution in [0.3, 0.4) is 0 Å². The third-order valence-corrected chi connectivity index (χ3v) is 0.884. The van der Waals surface area contributed by atoms with Crippen LogP contribution in [0.2, 0.25) is 0 Å². The van der Waals surface area contributed by atoms with E-state index in [1.807, 2.05) is 0 Å². The van der Waals surface area contributed by atoms with E-state index in [2.05, 4.69) is 11.7 Å². The molecule has 0 aliphatic heterocycles. The van der Waals surface area contributed by atoms with Crippen LogP contribution >= 0.6 is 0 Å². The van der Waals surface area contributed by atoms with Crippen molar-refractivity contribution in [3.8, 4) is 0 Å². The maximum absolute atomic E-state index is 10.3. The molecule has 0 heterocycles. The molecule has 0 aliphatic carbocycles. The van der Waals surface area contributed by atoms with Crippen molar-refractivity contribution in [1.82, 2.24) is 0 Å². The molecule has 1 radical (unpaired) electrons. The highest BCUT2D eigenvalue weighted by molar-refractivity contribution is 5.82. The van der Waals surface area contributed by atoms with Crippen molar-refractivity contribution in [2.75, 3.05) is 0 Å². The molecule has 0 unspecified atom stereocenters. The summed E-state index contributed by atoms with van der Waals surface area (Å²) < 4.78 is 4.35. The Morgan fingerprint density at radius 3 is 2.00 bits per heavy atom. The standard InChI is InChI=1S/C6H9O4/c1-4(7)10-6(2,3)5(8)9/h1H2,2-3H3,(H,8,9). The van der Waals surface area contributed by atoms with Crippen LogP contribution in [0.25, 0.3) is 0 Å². The number of hydrogen-bond donors (Lipinski definition) is 1. The molecular weight excluding hydrogens is 136 g/mol. The third kappa shape index (κ3) is 2.48. The highest BCUT2D eigenvalue weighted by atomic mass is 16.6. The monoisotopic (exact) mass is 145 g/mol. The molecule has 0 amide bonds. The van der Waals surface area contributed by atoms with Gasteiger partial charge >= 0.3 is 11.9 Å². The van der Waals surface area contributed by atoms with E-state index in [0.717, 1.165) is 0 Å². The van der Waals surface area contributed by atoms with E-state index in [1.165, 1.54) is 13.8 Å². The van der Waals surface area contributed by atoms with Gasteiger partial charge in [0.05, 0.1) is 6.92 Å². The van der Waals surface area contributed by atoms with Crippen LogP contribution in [0, 0.1) is 6.92 Å². The topological polar surface area (TPSA) is 63.6 Å². The summed E-state index contributed by atoms with van der Waals surface area (Å²) in [5, 5.41) is 8.39. The lowest BCUT2D eigenvalue weighted by Crippen LogP contribution is -2.36. The van der Waals surface area contributed by atoms with E-state index in [0.29, 0.717) is 0 Å². The summed E-state index contributed by atoms with van der Waals surface area (Å²) in [6.45, 7) is 5.43. The lowest BCUT2D eigenvalue weighted by molar-refractivity contribution is -0.171. The highest BCUT2D eigenvalue weighted by Gasteiger charge is 2.30. The Morgan fingerprint density at radius 2 is 1.90 bits per heavy atom. The van der Waals surface area contributed by atoms with Gasteiger partial charge in [0.2, 0.25) is 5.60 Å². The molecule has 0 aliphatic rings. The Hall–Kier alpha value is -1.06. The van der Waals surface area contributed by atoms with Gasteiger partial charge in [-0.2, -0.15) is 0 Å². The van der Waals surface area contributed by atoms with Crippen LogP contribution in [0.5, 0.6) is 0 Å². The predicted octanol–water partition coefficient (Wildman–Crippen LogP) is 0.227. The molecule has 4 nitrogen and oxygen atoms in total. The van der Waals surface area contributed by atoms with E-state index in [4.69, 9.17) is 5.11 Å². The number of carbonyl (C=O) groups is 2. The van der Waals surface area contributed by atoms with Crippen molar-refractivity contribution in [1.29, 1.82) is 0 Å². The van der Waals surface area contributed by atoms with Crippen LogP contribution in [0.15, 0.2) is 0 Å². The zero-order valence-corrected chi connectivity index (χ0v) is 5.88. The Bertz CT molecular complexity index is 159. The van der Waals surface area contributed by atoms with Crippen molar-refractivity contribution in [3.05, 3.63) is 6.92 Å².